The Balaban J connectivity index is 1.84. The quantitative estimate of drug-likeness (QED) is 0.454. The van der Waals surface area contributed by atoms with Crippen LogP contribution >= 0.6 is 0 Å². The van der Waals surface area contributed by atoms with E-state index < -0.39 is 0 Å². The second kappa shape index (κ2) is 11.8. The lowest BCUT2D eigenvalue weighted by Gasteiger charge is -2.10. The fraction of sp³-hybridized carbons (Fsp3) is 0.364. The smallest absolute Gasteiger partial charge is 0.255 e. The van der Waals surface area contributed by atoms with Crippen molar-refractivity contribution in [1.29, 1.82) is 0 Å². The SMILES string of the molecule is CC=CCCCCOc1cccc(CNC(=O)c2ccc(COC)nc2N)c1. The number of carbonyl (C=O) groups excluding carboxylic acids is 1. The molecule has 0 aliphatic rings. The second-order valence-electron chi connectivity index (χ2n) is 6.41. The van der Waals surface area contributed by atoms with Gasteiger partial charge in [0, 0.05) is 13.7 Å². The van der Waals surface area contributed by atoms with E-state index in [1.165, 1.54) is 0 Å². The molecule has 6 heteroatoms. The third-order valence-electron chi connectivity index (χ3n) is 4.14. The number of methoxy groups -OCH3 is 1. The number of hydrogen-bond acceptors (Lipinski definition) is 5. The van der Waals surface area contributed by atoms with E-state index in [1.807, 2.05) is 31.2 Å². The van der Waals surface area contributed by atoms with Crippen molar-refractivity contribution in [1.82, 2.24) is 10.3 Å². The number of nitrogen functional groups attached to an aromatic ring is 1. The minimum Gasteiger partial charge on any atom is -0.494 e. The highest BCUT2D eigenvalue weighted by Crippen LogP contribution is 2.15. The van der Waals surface area contributed by atoms with Gasteiger partial charge in [0.15, 0.2) is 0 Å². The molecule has 1 heterocycles. The summed E-state index contributed by atoms with van der Waals surface area (Å²) in [7, 11) is 1.58. The molecule has 2 rings (SSSR count). The number of nitrogens with one attached hydrogen (secondary N) is 1. The predicted molar refractivity (Wildman–Crippen MR) is 111 cm³/mol. The summed E-state index contributed by atoms with van der Waals surface area (Å²) in [5.41, 5.74) is 7.89. The summed E-state index contributed by atoms with van der Waals surface area (Å²) >= 11 is 0. The van der Waals surface area contributed by atoms with Crippen molar-refractivity contribution in [3.8, 4) is 5.75 Å². The highest BCUT2D eigenvalue weighted by atomic mass is 16.5. The maximum absolute atomic E-state index is 12.4. The molecule has 0 spiro atoms. The van der Waals surface area contributed by atoms with Gasteiger partial charge in [-0.3, -0.25) is 4.79 Å². The summed E-state index contributed by atoms with van der Waals surface area (Å²) in [6, 6.07) is 11.1. The normalized spacial score (nSPS) is 10.9. The van der Waals surface area contributed by atoms with E-state index in [1.54, 1.807) is 19.2 Å². The van der Waals surface area contributed by atoms with Gasteiger partial charge in [0.2, 0.25) is 0 Å². The summed E-state index contributed by atoms with van der Waals surface area (Å²) in [4.78, 5) is 16.6. The summed E-state index contributed by atoms with van der Waals surface area (Å²) in [6.07, 6.45) is 7.43. The summed E-state index contributed by atoms with van der Waals surface area (Å²) < 4.78 is 10.8. The van der Waals surface area contributed by atoms with Crippen molar-refractivity contribution in [2.45, 2.75) is 39.3 Å². The highest BCUT2D eigenvalue weighted by molar-refractivity contribution is 5.98. The van der Waals surface area contributed by atoms with Crippen LogP contribution in [0.5, 0.6) is 5.75 Å². The Bertz CT molecular complexity index is 790. The third-order valence-corrected chi connectivity index (χ3v) is 4.14. The Morgan fingerprint density at radius 1 is 1.25 bits per heavy atom. The first-order chi connectivity index (χ1) is 13.6. The van der Waals surface area contributed by atoms with Gasteiger partial charge in [0.25, 0.3) is 5.91 Å². The number of nitrogens with zero attached hydrogens (tertiary/aromatic N) is 1. The molecule has 3 N–H and O–H groups in total. The number of anilines is 1. The number of amides is 1. The molecule has 0 bridgehead atoms. The first-order valence-electron chi connectivity index (χ1n) is 9.49. The third kappa shape index (κ3) is 7.04. The Kier molecular flexibility index (Phi) is 9.01. The number of benzene rings is 1. The van der Waals surface area contributed by atoms with Crippen LogP contribution in [0.1, 0.15) is 47.8 Å². The van der Waals surface area contributed by atoms with Crippen molar-refractivity contribution < 1.29 is 14.3 Å². The number of hydrogen-bond donors (Lipinski definition) is 2. The first-order valence-corrected chi connectivity index (χ1v) is 9.49. The number of unbranched alkanes of at least 4 members (excludes halogenated alkanes) is 2. The van der Waals surface area contributed by atoms with Gasteiger partial charge in [0.1, 0.15) is 11.6 Å². The molecule has 0 aliphatic heterocycles. The lowest BCUT2D eigenvalue weighted by Crippen LogP contribution is -2.24. The van der Waals surface area contributed by atoms with E-state index >= 15 is 0 Å². The van der Waals surface area contributed by atoms with Gasteiger partial charge >= 0.3 is 0 Å². The fourth-order valence-corrected chi connectivity index (χ4v) is 2.68. The average molecular weight is 383 g/mol. The monoisotopic (exact) mass is 383 g/mol. The zero-order valence-corrected chi connectivity index (χ0v) is 16.6. The maximum atomic E-state index is 12.4. The predicted octanol–water partition coefficient (Wildman–Crippen LogP) is 3.87. The fourth-order valence-electron chi connectivity index (χ4n) is 2.68. The molecule has 1 aromatic heterocycles. The van der Waals surface area contributed by atoms with Gasteiger partial charge in [-0.05, 0) is 56.0 Å². The van der Waals surface area contributed by atoms with Gasteiger partial charge in [0.05, 0.1) is 24.5 Å². The van der Waals surface area contributed by atoms with Crippen LogP contribution in [0, 0.1) is 0 Å². The Labute approximate surface area is 166 Å². The molecule has 6 nitrogen and oxygen atoms in total. The lowest BCUT2D eigenvalue weighted by atomic mass is 10.2. The van der Waals surface area contributed by atoms with Crippen LogP contribution in [-0.2, 0) is 17.9 Å². The van der Waals surface area contributed by atoms with E-state index in [-0.39, 0.29) is 11.7 Å². The van der Waals surface area contributed by atoms with Crippen LogP contribution in [0.4, 0.5) is 5.82 Å². The average Bonchev–Trinajstić information content (AvgIpc) is 2.69. The van der Waals surface area contributed by atoms with Crippen LogP contribution < -0.4 is 15.8 Å². The molecular weight excluding hydrogens is 354 g/mol. The van der Waals surface area contributed by atoms with E-state index in [4.69, 9.17) is 15.2 Å². The molecule has 0 unspecified atom stereocenters. The standard InChI is InChI=1S/C22H29N3O3/c1-3-4-5-6-7-13-28-19-10-8-9-17(14-19)15-24-22(26)20-12-11-18(16-27-2)25-21(20)23/h3-4,8-12,14H,5-7,13,15-16H2,1-2H3,(H2,23,25)(H,24,26). The van der Waals surface area contributed by atoms with Gasteiger partial charge < -0.3 is 20.5 Å². The number of allylic oxidation sites excluding steroid dienone is 2. The highest BCUT2D eigenvalue weighted by Gasteiger charge is 2.11. The molecule has 0 saturated carbocycles. The number of rotatable bonds is 11. The Morgan fingerprint density at radius 2 is 2.11 bits per heavy atom. The van der Waals surface area contributed by atoms with Gasteiger partial charge in [-0.15, -0.1) is 0 Å². The molecule has 28 heavy (non-hydrogen) atoms. The van der Waals surface area contributed by atoms with E-state index in [0.717, 1.165) is 30.6 Å². The number of pyridine rings is 1. The molecule has 0 atom stereocenters. The molecule has 2 aromatic rings. The second-order valence-corrected chi connectivity index (χ2v) is 6.41. The van der Waals surface area contributed by atoms with E-state index in [0.29, 0.717) is 31.0 Å². The van der Waals surface area contributed by atoms with Crippen LogP contribution in [-0.4, -0.2) is 24.6 Å². The summed E-state index contributed by atoms with van der Waals surface area (Å²) in [5, 5.41) is 2.87. The van der Waals surface area contributed by atoms with Crippen molar-refractivity contribution in [3.05, 3.63) is 65.4 Å². The molecular formula is C22H29N3O3. The molecule has 0 radical (unpaired) electrons. The summed E-state index contributed by atoms with van der Waals surface area (Å²) in [6.45, 7) is 3.45. The zero-order chi connectivity index (χ0) is 20.2. The van der Waals surface area contributed by atoms with Gasteiger partial charge in [-0.25, -0.2) is 4.98 Å². The van der Waals surface area contributed by atoms with Crippen LogP contribution in [0.15, 0.2) is 48.6 Å². The van der Waals surface area contributed by atoms with E-state index in [9.17, 15) is 4.79 Å². The van der Waals surface area contributed by atoms with Crippen LogP contribution in [0.25, 0.3) is 0 Å². The molecule has 0 saturated heterocycles. The molecule has 1 aromatic carbocycles. The number of aromatic nitrogens is 1. The first kappa shape index (κ1) is 21.4. The maximum Gasteiger partial charge on any atom is 0.255 e. The Hall–Kier alpha value is -2.86. The Morgan fingerprint density at radius 3 is 2.86 bits per heavy atom. The van der Waals surface area contributed by atoms with E-state index in [2.05, 4.69) is 22.5 Å². The van der Waals surface area contributed by atoms with Crippen molar-refractivity contribution in [2.75, 3.05) is 19.5 Å². The molecule has 0 aliphatic carbocycles. The van der Waals surface area contributed by atoms with Crippen LogP contribution in [0.2, 0.25) is 0 Å². The molecule has 0 fully saturated rings. The molecule has 1 amide bonds. The lowest BCUT2D eigenvalue weighted by molar-refractivity contribution is 0.0951. The topological polar surface area (TPSA) is 86.5 Å². The number of carbonyl (C=O) groups is 1. The van der Waals surface area contributed by atoms with Crippen molar-refractivity contribution >= 4 is 11.7 Å². The number of nitrogens with two attached hydrogens (primary N) is 1. The zero-order valence-electron chi connectivity index (χ0n) is 16.6. The van der Waals surface area contributed by atoms with Crippen molar-refractivity contribution in [2.24, 2.45) is 0 Å². The minimum atomic E-state index is -0.260. The largest absolute Gasteiger partial charge is 0.494 e. The summed E-state index contributed by atoms with van der Waals surface area (Å²) in [5.74, 6) is 0.745. The van der Waals surface area contributed by atoms with Gasteiger partial charge in [-0.1, -0.05) is 24.3 Å². The van der Waals surface area contributed by atoms with Crippen molar-refractivity contribution in [3.63, 3.8) is 0 Å². The number of ether oxygens (including phenoxy) is 2. The van der Waals surface area contributed by atoms with Crippen LogP contribution in [0.3, 0.4) is 0 Å². The molecule has 150 valence electrons. The minimum absolute atomic E-state index is 0.196. The van der Waals surface area contributed by atoms with Gasteiger partial charge in [-0.2, -0.15) is 0 Å².